The smallest absolute Gasteiger partial charge is 0.160 e. The summed E-state index contributed by atoms with van der Waals surface area (Å²) in [4.78, 5) is 4.40. The molecular formula is C12H18N2O2S. The van der Waals surface area contributed by atoms with E-state index in [0.29, 0.717) is 5.75 Å². The lowest BCUT2D eigenvalue weighted by Crippen LogP contribution is -2.25. The van der Waals surface area contributed by atoms with Gasteiger partial charge in [-0.2, -0.15) is 0 Å². The molecule has 1 atom stereocenters. The first kappa shape index (κ1) is 11.3. The van der Waals surface area contributed by atoms with E-state index in [1.54, 1.807) is 0 Å². The van der Waals surface area contributed by atoms with Crippen LogP contribution in [0.3, 0.4) is 0 Å². The van der Waals surface area contributed by atoms with Crippen molar-refractivity contribution in [3.63, 3.8) is 0 Å². The zero-order chi connectivity index (χ0) is 11.9. The van der Waals surface area contributed by atoms with E-state index in [1.807, 2.05) is 6.20 Å². The van der Waals surface area contributed by atoms with Gasteiger partial charge in [-0.05, 0) is 32.1 Å². The van der Waals surface area contributed by atoms with Gasteiger partial charge in [0.2, 0.25) is 0 Å². The first-order valence-corrected chi connectivity index (χ1v) is 8.16. The molecular weight excluding hydrogens is 236 g/mol. The molecule has 0 aromatic carbocycles. The number of sulfone groups is 1. The molecule has 3 heterocycles. The van der Waals surface area contributed by atoms with Gasteiger partial charge in [-0.15, -0.1) is 0 Å². The van der Waals surface area contributed by atoms with E-state index in [2.05, 4.69) is 9.55 Å². The molecule has 5 heteroatoms. The minimum absolute atomic E-state index is 0.333. The maximum absolute atomic E-state index is 12.1. The fourth-order valence-corrected chi connectivity index (χ4v) is 4.89. The maximum Gasteiger partial charge on any atom is 0.160 e. The number of rotatable bonds is 1. The monoisotopic (exact) mass is 254 g/mol. The lowest BCUT2D eigenvalue weighted by molar-refractivity contribution is 0.487. The number of fused-ring (bicyclic) bond motifs is 1. The van der Waals surface area contributed by atoms with Crippen LogP contribution in [0.2, 0.25) is 0 Å². The number of aryl methyl sites for hydroxylation is 1. The highest BCUT2D eigenvalue weighted by Gasteiger charge is 2.34. The average molecular weight is 254 g/mol. The number of hydrogen-bond donors (Lipinski definition) is 0. The molecule has 4 nitrogen and oxygen atoms in total. The molecule has 1 fully saturated rings. The van der Waals surface area contributed by atoms with E-state index >= 15 is 0 Å². The zero-order valence-corrected chi connectivity index (χ0v) is 10.7. The Morgan fingerprint density at radius 2 is 2.12 bits per heavy atom. The second-order valence-electron chi connectivity index (χ2n) is 5.07. The fraction of sp³-hybridized carbons (Fsp3) is 0.750. The highest BCUT2D eigenvalue weighted by molar-refractivity contribution is 7.91. The molecule has 1 saturated heterocycles. The van der Waals surface area contributed by atoms with Crippen LogP contribution in [0.1, 0.15) is 48.9 Å². The Kier molecular flexibility index (Phi) is 2.73. The van der Waals surface area contributed by atoms with E-state index in [-0.39, 0.29) is 5.25 Å². The third-order valence-electron chi connectivity index (χ3n) is 3.90. The average Bonchev–Trinajstić information content (AvgIpc) is 2.72. The molecule has 1 unspecified atom stereocenters. The molecule has 1 aromatic rings. The molecule has 2 aliphatic heterocycles. The number of aromatic nitrogens is 2. The van der Waals surface area contributed by atoms with Crippen LogP contribution >= 0.6 is 0 Å². The molecule has 0 amide bonds. The summed E-state index contributed by atoms with van der Waals surface area (Å²) in [5.41, 5.74) is 1.21. The van der Waals surface area contributed by atoms with Crippen LogP contribution in [0, 0.1) is 0 Å². The zero-order valence-electron chi connectivity index (χ0n) is 9.93. The van der Waals surface area contributed by atoms with Crippen LogP contribution in [0.25, 0.3) is 0 Å². The van der Waals surface area contributed by atoms with Gasteiger partial charge in [-0.3, -0.25) is 0 Å². The van der Waals surface area contributed by atoms with Gasteiger partial charge in [0.05, 0.1) is 5.75 Å². The minimum atomic E-state index is -2.96. The van der Waals surface area contributed by atoms with Crippen LogP contribution in [0.15, 0.2) is 6.20 Å². The van der Waals surface area contributed by atoms with Crippen molar-refractivity contribution in [2.75, 3.05) is 5.75 Å². The first-order chi connectivity index (χ1) is 8.18. The largest absolute Gasteiger partial charge is 0.331 e. The Labute approximate surface area is 102 Å². The Bertz CT molecular complexity index is 519. The second-order valence-corrected chi connectivity index (χ2v) is 7.37. The molecule has 0 bridgehead atoms. The fourth-order valence-electron chi connectivity index (χ4n) is 2.96. The SMILES string of the molecule is O=S1(=O)CCCCC1c1ncc2n1CCCC2. The lowest BCUT2D eigenvalue weighted by Gasteiger charge is -2.24. The molecule has 3 rings (SSSR count). The van der Waals surface area contributed by atoms with Crippen LogP contribution in [0.4, 0.5) is 0 Å². The van der Waals surface area contributed by atoms with Crippen molar-refractivity contribution in [1.82, 2.24) is 9.55 Å². The van der Waals surface area contributed by atoms with Gasteiger partial charge in [0.15, 0.2) is 9.84 Å². The van der Waals surface area contributed by atoms with Crippen molar-refractivity contribution >= 4 is 9.84 Å². The third kappa shape index (κ3) is 1.90. The Balaban J connectivity index is 2.01. The minimum Gasteiger partial charge on any atom is -0.331 e. The predicted molar refractivity (Wildman–Crippen MR) is 65.5 cm³/mol. The Morgan fingerprint density at radius 1 is 1.24 bits per heavy atom. The molecule has 0 N–H and O–H groups in total. The summed E-state index contributed by atoms with van der Waals surface area (Å²) in [7, 11) is -2.96. The van der Waals surface area contributed by atoms with Gasteiger partial charge in [-0.25, -0.2) is 13.4 Å². The summed E-state index contributed by atoms with van der Waals surface area (Å²) < 4.78 is 26.4. The molecule has 2 aliphatic rings. The predicted octanol–water partition coefficient (Wildman–Crippen LogP) is 1.86. The van der Waals surface area contributed by atoms with Gasteiger partial charge in [0, 0.05) is 18.4 Å². The summed E-state index contributed by atoms with van der Waals surface area (Å²) >= 11 is 0. The summed E-state index contributed by atoms with van der Waals surface area (Å²) in [6.07, 6.45) is 7.82. The number of nitrogens with zero attached hydrogens (tertiary/aromatic N) is 2. The van der Waals surface area contributed by atoms with Gasteiger partial charge in [0.1, 0.15) is 11.1 Å². The normalized spacial score (nSPS) is 27.6. The highest BCUT2D eigenvalue weighted by atomic mass is 32.2. The highest BCUT2D eigenvalue weighted by Crippen LogP contribution is 2.34. The standard InChI is InChI=1S/C12H18N2O2S/c15-17(16)8-4-2-6-11(17)12-13-9-10-5-1-3-7-14(10)12/h9,11H,1-8H2. The molecule has 17 heavy (non-hydrogen) atoms. The van der Waals surface area contributed by atoms with Gasteiger partial charge in [0.25, 0.3) is 0 Å². The first-order valence-electron chi connectivity index (χ1n) is 6.44. The van der Waals surface area contributed by atoms with Gasteiger partial charge < -0.3 is 4.57 Å². The van der Waals surface area contributed by atoms with Crippen molar-refractivity contribution in [3.8, 4) is 0 Å². The molecule has 0 spiro atoms. The van der Waals surface area contributed by atoms with E-state index in [4.69, 9.17) is 0 Å². The molecule has 1 aromatic heterocycles. The van der Waals surface area contributed by atoms with Crippen LogP contribution in [0.5, 0.6) is 0 Å². The van der Waals surface area contributed by atoms with E-state index < -0.39 is 9.84 Å². The third-order valence-corrected chi connectivity index (χ3v) is 6.07. The maximum atomic E-state index is 12.1. The van der Waals surface area contributed by atoms with Crippen molar-refractivity contribution in [1.29, 1.82) is 0 Å². The molecule has 0 aliphatic carbocycles. The second kappa shape index (κ2) is 4.12. The molecule has 0 radical (unpaired) electrons. The summed E-state index contributed by atoms with van der Waals surface area (Å²) in [6.45, 7) is 0.941. The van der Waals surface area contributed by atoms with Crippen molar-refractivity contribution in [2.45, 2.75) is 50.3 Å². The Hall–Kier alpha value is -0.840. The lowest BCUT2D eigenvalue weighted by atomic mass is 10.1. The quantitative estimate of drug-likeness (QED) is 0.768. The van der Waals surface area contributed by atoms with Crippen LogP contribution < -0.4 is 0 Å². The van der Waals surface area contributed by atoms with Crippen molar-refractivity contribution < 1.29 is 8.42 Å². The van der Waals surface area contributed by atoms with E-state index in [0.717, 1.165) is 44.5 Å². The van der Waals surface area contributed by atoms with Crippen molar-refractivity contribution in [2.24, 2.45) is 0 Å². The topological polar surface area (TPSA) is 52.0 Å². The van der Waals surface area contributed by atoms with Gasteiger partial charge >= 0.3 is 0 Å². The summed E-state index contributed by atoms with van der Waals surface area (Å²) in [5, 5.41) is -0.344. The van der Waals surface area contributed by atoms with Crippen LogP contribution in [-0.4, -0.2) is 23.7 Å². The number of imidazole rings is 1. The summed E-state index contributed by atoms with van der Waals surface area (Å²) in [6, 6.07) is 0. The number of hydrogen-bond acceptors (Lipinski definition) is 3. The van der Waals surface area contributed by atoms with Crippen LogP contribution in [-0.2, 0) is 22.8 Å². The van der Waals surface area contributed by atoms with Crippen molar-refractivity contribution in [3.05, 3.63) is 17.7 Å². The molecule has 94 valence electrons. The molecule has 0 saturated carbocycles. The van der Waals surface area contributed by atoms with E-state index in [1.165, 1.54) is 12.1 Å². The van der Waals surface area contributed by atoms with E-state index in [9.17, 15) is 8.42 Å². The summed E-state index contributed by atoms with van der Waals surface area (Å²) in [5.74, 6) is 1.14. The van der Waals surface area contributed by atoms with Gasteiger partial charge in [-0.1, -0.05) is 6.42 Å². The Morgan fingerprint density at radius 3 is 2.94 bits per heavy atom.